The van der Waals surface area contributed by atoms with E-state index in [0.29, 0.717) is 0 Å². The normalized spacial score (nSPS) is 13.4. The van der Waals surface area contributed by atoms with Crippen LogP contribution in [0.5, 0.6) is 0 Å². The first-order chi connectivity index (χ1) is 10.7. The summed E-state index contributed by atoms with van der Waals surface area (Å²) in [6, 6.07) is 4.53. The summed E-state index contributed by atoms with van der Waals surface area (Å²) in [6.07, 6.45) is 3.35. The zero-order chi connectivity index (χ0) is 18.9. The van der Waals surface area contributed by atoms with E-state index in [0.717, 1.165) is 5.69 Å². The summed E-state index contributed by atoms with van der Waals surface area (Å²) in [4.78, 5) is 12.3. The lowest BCUT2D eigenvalue weighted by Crippen LogP contribution is -2.25. The third kappa shape index (κ3) is 4.96. The summed E-state index contributed by atoms with van der Waals surface area (Å²) >= 11 is 0. The molecule has 0 bridgehead atoms. The van der Waals surface area contributed by atoms with Crippen molar-refractivity contribution in [2.75, 3.05) is 5.32 Å². The van der Waals surface area contributed by atoms with E-state index >= 15 is 0 Å². The van der Waals surface area contributed by atoms with Crippen molar-refractivity contribution in [3.63, 3.8) is 0 Å². The molecule has 0 aliphatic rings. The minimum absolute atomic E-state index is 0.0558. The molecule has 0 heterocycles. The molecular weight excluding hydrogens is 294 g/mol. The molecule has 0 spiro atoms. The quantitative estimate of drug-likeness (QED) is 0.653. The zero-order valence-corrected chi connectivity index (χ0v) is 17.2. The van der Waals surface area contributed by atoms with E-state index in [1.54, 1.807) is 12.2 Å². The van der Waals surface area contributed by atoms with Crippen LogP contribution < -0.4 is 5.32 Å². The fourth-order valence-electron chi connectivity index (χ4n) is 2.71. The number of carbonyl (C=O) groups is 1. The van der Waals surface area contributed by atoms with Crippen molar-refractivity contribution in [3.05, 3.63) is 41.0 Å². The summed E-state index contributed by atoms with van der Waals surface area (Å²) in [5, 5.41) is 3.15. The van der Waals surface area contributed by atoms with Gasteiger partial charge in [0.25, 0.3) is 0 Å². The molecule has 1 aromatic rings. The number of amides is 1. The summed E-state index contributed by atoms with van der Waals surface area (Å²) in [5.41, 5.74) is 4.61. The van der Waals surface area contributed by atoms with Crippen molar-refractivity contribution < 1.29 is 4.79 Å². The Morgan fingerprint density at radius 3 is 1.54 bits per heavy atom. The Balaban J connectivity index is 3.78. The van der Waals surface area contributed by atoms with E-state index in [-0.39, 0.29) is 22.2 Å². The predicted octanol–water partition coefficient (Wildman–Crippen LogP) is 6.09. The molecule has 0 saturated carbocycles. The number of hydrogen-bond acceptors (Lipinski definition) is 1. The maximum atomic E-state index is 12.3. The Morgan fingerprint density at radius 1 is 0.833 bits per heavy atom. The fraction of sp³-hybridized carbons (Fsp3) is 0.591. The topological polar surface area (TPSA) is 29.1 Å². The Bertz CT molecular complexity index is 596. The Hall–Kier alpha value is -1.57. The molecule has 2 heteroatoms. The van der Waals surface area contributed by atoms with Crippen molar-refractivity contribution in [2.45, 2.75) is 85.5 Å². The van der Waals surface area contributed by atoms with Crippen molar-refractivity contribution in [2.24, 2.45) is 0 Å². The van der Waals surface area contributed by atoms with Crippen LogP contribution in [0.2, 0.25) is 0 Å². The second-order valence-electron chi connectivity index (χ2n) is 9.69. The van der Waals surface area contributed by atoms with Gasteiger partial charge in [-0.15, -0.1) is 0 Å². The molecule has 0 aliphatic carbocycles. The average Bonchev–Trinajstić information content (AvgIpc) is 2.34. The van der Waals surface area contributed by atoms with Gasteiger partial charge in [-0.3, -0.25) is 4.79 Å². The molecule has 1 rings (SSSR count). The highest BCUT2D eigenvalue weighted by Crippen LogP contribution is 2.41. The largest absolute Gasteiger partial charge is 0.322 e. The van der Waals surface area contributed by atoms with Crippen LogP contribution in [-0.4, -0.2) is 5.91 Å². The van der Waals surface area contributed by atoms with Crippen molar-refractivity contribution >= 4 is 11.6 Å². The smallest absolute Gasteiger partial charge is 0.248 e. The van der Waals surface area contributed by atoms with Gasteiger partial charge in [-0.25, -0.2) is 0 Å². The first-order valence-electron chi connectivity index (χ1n) is 8.81. The molecular formula is C22H35NO. The lowest BCUT2D eigenvalue weighted by Gasteiger charge is -2.33. The number of carbonyl (C=O) groups excluding carboxylic acids is 1. The molecule has 0 atom stereocenters. The molecule has 1 aromatic carbocycles. The van der Waals surface area contributed by atoms with Gasteiger partial charge in [0.15, 0.2) is 0 Å². The molecule has 0 saturated heterocycles. The number of nitrogens with one attached hydrogen (secondary N) is 1. The molecule has 1 N–H and O–H groups in total. The zero-order valence-electron chi connectivity index (χ0n) is 17.2. The summed E-state index contributed by atoms with van der Waals surface area (Å²) in [6.45, 7) is 21.8. The fourth-order valence-corrected chi connectivity index (χ4v) is 2.71. The Morgan fingerprint density at radius 2 is 1.25 bits per heavy atom. The molecule has 0 radical (unpaired) electrons. The Kier molecular flexibility index (Phi) is 5.75. The van der Waals surface area contributed by atoms with Crippen LogP contribution in [0, 0.1) is 0 Å². The van der Waals surface area contributed by atoms with Crippen LogP contribution >= 0.6 is 0 Å². The van der Waals surface area contributed by atoms with Gasteiger partial charge in [-0.2, -0.15) is 0 Å². The highest BCUT2D eigenvalue weighted by Gasteiger charge is 2.29. The van der Waals surface area contributed by atoms with Gasteiger partial charge in [-0.1, -0.05) is 80.5 Å². The lowest BCUT2D eigenvalue weighted by atomic mass is 9.74. The number of rotatable bonds is 2. The number of allylic oxidation sites excluding steroid dienone is 1. The predicted molar refractivity (Wildman–Crippen MR) is 106 cm³/mol. The van der Waals surface area contributed by atoms with Gasteiger partial charge in [0.05, 0.1) is 0 Å². The summed E-state index contributed by atoms with van der Waals surface area (Å²) in [7, 11) is 0. The lowest BCUT2D eigenvalue weighted by molar-refractivity contribution is -0.111. The van der Waals surface area contributed by atoms with Crippen LogP contribution in [0.1, 0.15) is 85.9 Å². The van der Waals surface area contributed by atoms with Crippen LogP contribution in [0.15, 0.2) is 24.3 Å². The monoisotopic (exact) mass is 329 g/mol. The van der Waals surface area contributed by atoms with E-state index < -0.39 is 0 Å². The molecule has 0 unspecified atom stereocenters. The molecule has 0 fully saturated rings. The van der Waals surface area contributed by atoms with Gasteiger partial charge in [0, 0.05) is 5.69 Å². The average molecular weight is 330 g/mol. The number of benzene rings is 1. The highest BCUT2D eigenvalue weighted by molar-refractivity contribution is 6.00. The molecule has 2 nitrogen and oxygen atoms in total. The van der Waals surface area contributed by atoms with Crippen LogP contribution in [0.25, 0.3) is 0 Å². The SMILES string of the molecule is C/C=C/C(=O)Nc1c(C(C)(C)C)cc(C(C)(C)C)cc1C(C)(C)C. The van der Waals surface area contributed by atoms with Gasteiger partial charge in [0.1, 0.15) is 0 Å². The molecule has 1 amide bonds. The number of hydrogen-bond donors (Lipinski definition) is 1. The van der Waals surface area contributed by atoms with Crippen LogP contribution in [0.3, 0.4) is 0 Å². The minimum Gasteiger partial charge on any atom is -0.322 e. The summed E-state index contributed by atoms with van der Waals surface area (Å²) in [5.74, 6) is -0.0722. The molecule has 0 aromatic heterocycles. The number of anilines is 1. The van der Waals surface area contributed by atoms with E-state index in [2.05, 4.69) is 79.8 Å². The van der Waals surface area contributed by atoms with E-state index in [4.69, 9.17) is 0 Å². The standard InChI is InChI=1S/C22H35NO/c1-11-12-18(24)23-19-16(21(5,6)7)13-15(20(2,3)4)14-17(19)22(8,9)10/h11-14H,1-10H3,(H,23,24)/b12-11+. The van der Waals surface area contributed by atoms with Gasteiger partial charge in [-0.05, 0) is 45.9 Å². The van der Waals surface area contributed by atoms with E-state index in [9.17, 15) is 4.79 Å². The molecule has 0 aliphatic heterocycles. The third-order valence-corrected chi connectivity index (χ3v) is 4.19. The summed E-state index contributed by atoms with van der Waals surface area (Å²) < 4.78 is 0. The van der Waals surface area contributed by atoms with E-state index in [1.165, 1.54) is 16.7 Å². The van der Waals surface area contributed by atoms with Crippen molar-refractivity contribution in [3.8, 4) is 0 Å². The highest BCUT2D eigenvalue weighted by atomic mass is 16.1. The molecule has 24 heavy (non-hydrogen) atoms. The Labute approximate surface area is 148 Å². The van der Waals surface area contributed by atoms with Crippen LogP contribution in [0.4, 0.5) is 5.69 Å². The van der Waals surface area contributed by atoms with Crippen molar-refractivity contribution in [1.82, 2.24) is 0 Å². The van der Waals surface area contributed by atoms with E-state index in [1.807, 2.05) is 6.92 Å². The second-order valence-corrected chi connectivity index (χ2v) is 9.69. The van der Waals surface area contributed by atoms with Crippen LogP contribution in [-0.2, 0) is 21.0 Å². The minimum atomic E-state index is -0.0722. The third-order valence-electron chi connectivity index (χ3n) is 4.19. The van der Waals surface area contributed by atoms with Crippen molar-refractivity contribution in [1.29, 1.82) is 0 Å². The molecule has 134 valence electrons. The van der Waals surface area contributed by atoms with Gasteiger partial charge in [0.2, 0.25) is 5.91 Å². The maximum Gasteiger partial charge on any atom is 0.248 e. The van der Waals surface area contributed by atoms with Gasteiger partial charge >= 0.3 is 0 Å². The first kappa shape index (κ1) is 20.5. The maximum absolute atomic E-state index is 12.3. The second kappa shape index (κ2) is 6.74. The first-order valence-corrected chi connectivity index (χ1v) is 8.81. The van der Waals surface area contributed by atoms with Gasteiger partial charge < -0.3 is 5.32 Å².